The molecule has 28 heavy (non-hydrogen) atoms. The molecule has 2 aromatic rings. The van der Waals surface area contributed by atoms with Crippen molar-refractivity contribution >= 4 is 17.6 Å². The van der Waals surface area contributed by atoms with Crippen molar-refractivity contribution in [2.45, 2.75) is 30.8 Å². The maximum absolute atomic E-state index is 5.98. The number of nitrogen functional groups attached to an aromatic ring is 2. The average Bonchev–Trinajstić information content (AvgIpc) is 3.33. The zero-order valence-electron chi connectivity index (χ0n) is 15.6. The van der Waals surface area contributed by atoms with E-state index in [0.717, 1.165) is 23.9 Å². The maximum atomic E-state index is 5.98. The summed E-state index contributed by atoms with van der Waals surface area (Å²) in [5.74, 6) is 4.23. The topological polar surface area (TPSA) is 103 Å². The SMILES string of the molecule is Nc1cc(N2C[C@H](c3ccc4c(c3)OCO4)[C@H]3[C@@H]2C2CCN3CC2)nc(N)n1. The van der Waals surface area contributed by atoms with Gasteiger partial charge >= 0.3 is 0 Å². The molecule has 0 amide bonds. The molecule has 0 radical (unpaired) electrons. The summed E-state index contributed by atoms with van der Waals surface area (Å²) in [6, 6.07) is 9.11. The van der Waals surface area contributed by atoms with E-state index in [2.05, 4.69) is 31.9 Å². The molecule has 4 N–H and O–H groups in total. The first-order chi connectivity index (χ1) is 13.7. The van der Waals surface area contributed by atoms with Crippen molar-refractivity contribution < 1.29 is 9.47 Å². The lowest BCUT2D eigenvalue weighted by Crippen LogP contribution is -2.60. The molecule has 0 aliphatic carbocycles. The van der Waals surface area contributed by atoms with Crippen LogP contribution in [0.1, 0.15) is 24.3 Å². The van der Waals surface area contributed by atoms with E-state index < -0.39 is 0 Å². The Morgan fingerprint density at radius 1 is 0.964 bits per heavy atom. The molecule has 0 unspecified atom stereocenters. The van der Waals surface area contributed by atoms with Crippen molar-refractivity contribution in [3.63, 3.8) is 0 Å². The second-order valence-electron chi connectivity index (χ2n) is 8.24. The van der Waals surface area contributed by atoms with Gasteiger partial charge in [0.25, 0.3) is 0 Å². The fourth-order valence-corrected chi connectivity index (χ4v) is 5.74. The van der Waals surface area contributed by atoms with Gasteiger partial charge in [-0.2, -0.15) is 9.97 Å². The third-order valence-corrected chi connectivity index (χ3v) is 6.86. The molecule has 1 aromatic carbocycles. The predicted molar refractivity (Wildman–Crippen MR) is 105 cm³/mol. The Morgan fingerprint density at radius 2 is 1.79 bits per heavy atom. The summed E-state index contributed by atoms with van der Waals surface area (Å²) in [5, 5.41) is 0. The number of aromatic nitrogens is 2. The highest BCUT2D eigenvalue weighted by Crippen LogP contribution is 2.49. The largest absolute Gasteiger partial charge is 0.454 e. The molecular formula is C20H24N6O2. The van der Waals surface area contributed by atoms with Crippen LogP contribution in [-0.2, 0) is 0 Å². The summed E-state index contributed by atoms with van der Waals surface area (Å²) in [6.07, 6.45) is 2.48. The Hall–Kier alpha value is -2.74. The van der Waals surface area contributed by atoms with Gasteiger partial charge in [-0.3, -0.25) is 4.90 Å². The summed E-state index contributed by atoms with van der Waals surface area (Å²) in [5.41, 5.74) is 13.2. The quantitative estimate of drug-likeness (QED) is 0.807. The fraction of sp³-hybridized carbons (Fsp3) is 0.500. The highest BCUT2D eigenvalue weighted by molar-refractivity contribution is 5.55. The molecule has 6 heterocycles. The van der Waals surface area contributed by atoms with Crippen molar-refractivity contribution in [3.8, 4) is 11.5 Å². The second-order valence-corrected chi connectivity index (χ2v) is 8.24. The third-order valence-electron chi connectivity index (χ3n) is 6.86. The first kappa shape index (κ1) is 16.2. The van der Waals surface area contributed by atoms with Crippen LogP contribution in [0, 0.1) is 5.92 Å². The molecule has 4 saturated heterocycles. The summed E-state index contributed by atoms with van der Waals surface area (Å²) in [6.45, 7) is 3.54. The first-order valence-corrected chi connectivity index (χ1v) is 9.97. The van der Waals surface area contributed by atoms with Crippen LogP contribution in [0.3, 0.4) is 0 Å². The Kier molecular flexibility index (Phi) is 3.41. The molecule has 1 aromatic heterocycles. The molecule has 2 bridgehead atoms. The zero-order valence-corrected chi connectivity index (χ0v) is 15.6. The molecule has 3 atom stereocenters. The van der Waals surface area contributed by atoms with Crippen LogP contribution in [0.4, 0.5) is 17.6 Å². The minimum absolute atomic E-state index is 0.236. The minimum Gasteiger partial charge on any atom is -0.454 e. The van der Waals surface area contributed by atoms with Gasteiger partial charge in [0.15, 0.2) is 11.5 Å². The molecule has 8 heteroatoms. The summed E-state index contributed by atoms with van der Waals surface area (Å²) < 4.78 is 11.1. The molecule has 5 aliphatic heterocycles. The van der Waals surface area contributed by atoms with E-state index in [9.17, 15) is 0 Å². The normalized spacial score (nSPS) is 32.6. The number of fused-ring (bicyclic) bond motifs is 3. The third kappa shape index (κ3) is 2.33. The summed E-state index contributed by atoms with van der Waals surface area (Å²) in [4.78, 5) is 13.7. The Labute approximate surface area is 163 Å². The number of nitrogens with zero attached hydrogens (tertiary/aromatic N) is 4. The lowest BCUT2D eigenvalue weighted by molar-refractivity contribution is 0.0354. The van der Waals surface area contributed by atoms with E-state index in [0.29, 0.717) is 36.5 Å². The molecule has 0 spiro atoms. The maximum Gasteiger partial charge on any atom is 0.231 e. The van der Waals surface area contributed by atoms with Crippen molar-refractivity contribution in [1.29, 1.82) is 0 Å². The van der Waals surface area contributed by atoms with Gasteiger partial charge in [0.05, 0.1) is 0 Å². The lowest BCUT2D eigenvalue weighted by Gasteiger charge is -2.51. The number of ether oxygens (including phenoxy) is 2. The number of rotatable bonds is 2. The van der Waals surface area contributed by atoms with Crippen molar-refractivity contribution in [2.75, 3.05) is 42.8 Å². The van der Waals surface area contributed by atoms with Crippen LogP contribution in [0.25, 0.3) is 0 Å². The lowest BCUT2D eigenvalue weighted by atomic mass is 9.75. The van der Waals surface area contributed by atoms with Gasteiger partial charge in [-0.15, -0.1) is 0 Å². The van der Waals surface area contributed by atoms with Crippen LogP contribution < -0.4 is 25.8 Å². The van der Waals surface area contributed by atoms with E-state index in [4.69, 9.17) is 20.9 Å². The molecule has 5 aliphatic rings. The van der Waals surface area contributed by atoms with Gasteiger partial charge in [0.2, 0.25) is 12.7 Å². The predicted octanol–water partition coefficient (Wildman–Crippen LogP) is 1.44. The van der Waals surface area contributed by atoms with Gasteiger partial charge < -0.3 is 25.8 Å². The number of piperidine rings is 3. The highest BCUT2D eigenvalue weighted by Gasteiger charge is 2.53. The van der Waals surface area contributed by atoms with Crippen LogP contribution in [0.5, 0.6) is 11.5 Å². The molecular weight excluding hydrogens is 356 g/mol. The van der Waals surface area contributed by atoms with E-state index in [1.165, 1.54) is 31.5 Å². The fourth-order valence-electron chi connectivity index (χ4n) is 5.74. The van der Waals surface area contributed by atoms with E-state index in [-0.39, 0.29) is 5.95 Å². The number of nitrogens with two attached hydrogens (primary N) is 2. The zero-order chi connectivity index (χ0) is 18.8. The number of anilines is 3. The Balaban J connectivity index is 1.42. The van der Waals surface area contributed by atoms with Crippen LogP contribution in [0.15, 0.2) is 24.3 Å². The van der Waals surface area contributed by atoms with Crippen LogP contribution in [-0.4, -0.2) is 53.4 Å². The number of hydrogen-bond acceptors (Lipinski definition) is 8. The number of hydrogen-bond donors (Lipinski definition) is 2. The molecule has 4 fully saturated rings. The van der Waals surface area contributed by atoms with Crippen molar-refractivity contribution in [1.82, 2.24) is 14.9 Å². The number of benzene rings is 1. The van der Waals surface area contributed by atoms with Crippen LogP contribution >= 0.6 is 0 Å². The monoisotopic (exact) mass is 380 g/mol. The summed E-state index contributed by atoms with van der Waals surface area (Å²) in [7, 11) is 0. The average molecular weight is 380 g/mol. The van der Waals surface area contributed by atoms with Gasteiger partial charge in [-0.25, -0.2) is 0 Å². The van der Waals surface area contributed by atoms with E-state index >= 15 is 0 Å². The van der Waals surface area contributed by atoms with Crippen molar-refractivity contribution in [3.05, 3.63) is 29.8 Å². The second kappa shape index (κ2) is 5.88. The van der Waals surface area contributed by atoms with Gasteiger partial charge in [0, 0.05) is 30.6 Å². The minimum atomic E-state index is 0.236. The molecule has 7 rings (SSSR count). The van der Waals surface area contributed by atoms with Gasteiger partial charge in [0.1, 0.15) is 11.6 Å². The standard InChI is InChI=1S/C20H24N6O2/c21-16-8-17(24-20(22)23-16)26-9-13(12-1-2-14-15(7-12)28-10-27-14)19-18(26)11-3-5-25(19)6-4-11/h1-2,7-8,11,13,18-19H,3-6,9-10H2,(H4,21,22,23,24)/t13-,18+,19+/m1/s1. The van der Waals surface area contributed by atoms with Crippen LogP contribution in [0.2, 0.25) is 0 Å². The Bertz CT molecular complexity index is 909. The first-order valence-electron chi connectivity index (χ1n) is 9.97. The smallest absolute Gasteiger partial charge is 0.231 e. The van der Waals surface area contributed by atoms with Gasteiger partial charge in [-0.1, -0.05) is 6.07 Å². The van der Waals surface area contributed by atoms with Crippen molar-refractivity contribution in [2.24, 2.45) is 5.92 Å². The van der Waals surface area contributed by atoms with E-state index in [1.54, 1.807) is 0 Å². The van der Waals surface area contributed by atoms with Gasteiger partial charge in [-0.05, 0) is 49.5 Å². The highest BCUT2D eigenvalue weighted by atomic mass is 16.7. The Morgan fingerprint density at radius 3 is 2.61 bits per heavy atom. The van der Waals surface area contributed by atoms with E-state index in [1.807, 2.05) is 12.1 Å². The molecule has 0 saturated carbocycles. The molecule has 8 nitrogen and oxygen atoms in total. The summed E-state index contributed by atoms with van der Waals surface area (Å²) >= 11 is 0. The molecule has 146 valence electrons.